The van der Waals surface area contributed by atoms with E-state index >= 15 is 0 Å². The molecule has 1 saturated heterocycles. The maximum atomic E-state index is 12.2. The van der Waals surface area contributed by atoms with Crippen molar-refractivity contribution in [3.05, 3.63) is 102 Å². The predicted octanol–water partition coefficient (Wildman–Crippen LogP) is 4.80. The molecule has 2 aromatic heterocycles. The first-order valence-electron chi connectivity index (χ1n) is 13.3. The van der Waals surface area contributed by atoms with Crippen LogP contribution in [0.2, 0.25) is 0 Å². The Morgan fingerprint density at radius 3 is 2.67 bits per heavy atom. The number of pyridine rings is 2. The number of carbonyl (C=O) groups excluding carboxylic acids is 1. The van der Waals surface area contributed by atoms with Crippen molar-refractivity contribution >= 4 is 17.5 Å². The van der Waals surface area contributed by atoms with Gasteiger partial charge >= 0.3 is 6.03 Å². The minimum absolute atomic E-state index is 0.268. The number of carbonyl (C=O) groups is 1. The summed E-state index contributed by atoms with van der Waals surface area (Å²) in [6, 6.07) is 21.8. The zero-order chi connectivity index (χ0) is 26.9. The van der Waals surface area contributed by atoms with Crippen LogP contribution in [0.1, 0.15) is 16.7 Å². The molecule has 8 heteroatoms. The molecule has 5 rings (SSSR count). The van der Waals surface area contributed by atoms with Gasteiger partial charge in [0.05, 0.1) is 6.61 Å². The number of urea groups is 1. The van der Waals surface area contributed by atoms with Gasteiger partial charge < -0.3 is 25.6 Å². The predicted molar refractivity (Wildman–Crippen MR) is 155 cm³/mol. The molecule has 0 saturated carbocycles. The molecule has 2 aromatic carbocycles. The first-order chi connectivity index (χ1) is 19.1. The van der Waals surface area contributed by atoms with E-state index in [4.69, 9.17) is 4.74 Å². The summed E-state index contributed by atoms with van der Waals surface area (Å²) in [7, 11) is 0. The fourth-order valence-corrected chi connectivity index (χ4v) is 4.60. The van der Waals surface area contributed by atoms with E-state index in [9.17, 15) is 4.79 Å². The summed E-state index contributed by atoms with van der Waals surface area (Å²) in [6.07, 6.45) is 6.12. The molecule has 2 amide bonds. The highest BCUT2D eigenvalue weighted by molar-refractivity contribution is 5.89. The Morgan fingerprint density at radius 2 is 1.87 bits per heavy atom. The molecule has 39 heavy (non-hydrogen) atoms. The Hall–Kier alpha value is -4.43. The van der Waals surface area contributed by atoms with Crippen molar-refractivity contribution in [3.8, 4) is 16.9 Å². The van der Waals surface area contributed by atoms with Gasteiger partial charge in [-0.3, -0.25) is 4.98 Å². The highest BCUT2D eigenvalue weighted by Crippen LogP contribution is 2.28. The number of nitrogens with one attached hydrogen (secondary N) is 3. The van der Waals surface area contributed by atoms with Crippen molar-refractivity contribution in [1.82, 2.24) is 20.6 Å². The third-order valence-electron chi connectivity index (χ3n) is 6.69. The van der Waals surface area contributed by atoms with E-state index in [1.165, 1.54) is 22.3 Å². The summed E-state index contributed by atoms with van der Waals surface area (Å²) < 4.78 is 6.05. The van der Waals surface area contributed by atoms with Crippen LogP contribution in [-0.4, -0.2) is 48.8 Å². The molecule has 0 bridgehead atoms. The zero-order valence-electron chi connectivity index (χ0n) is 22.2. The second-order valence-corrected chi connectivity index (χ2v) is 9.59. The van der Waals surface area contributed by atoms with Crippen LogP contribution in [0.25, 0.3) is 11.1 Å². The number of anilines is 2. The molecule has 1 aliphatic rings. The number of hydrogen-bond acceptors (Lipinski definition) is 6. The average molecular weight is 523 g/mol. The topological polar surface area (TPSA) is 91.4 Å². The number of piperazine rings is 1. The molecule has 3 heterocycles. The molecule has 0 radical (unpaired) electrons. The molecule has 8 nitrogen and oxygen atoms in total. The van der Waals surface area contributed by atoms with Crippen LogP contribution in [0.4, 0.5) is 16.3 Å². The number of ether oxygens (including phenoxy) is 1. The maximum absolute atomic E-state index is 12.2. The smallest absolute Gasteiger partial charge is 0.319 e. The first kappa shape index (κ1) is 26.2. The quantitative estimate of drug-likeness (QED) is 0.292. The van der Waals surface area contributed by atoms with Gasteiger partial charge in [-0.25, -0.2) is 9.78 Å². The Labute approximate surface area is 229 Å². The number of hydrogen-bond donors (Lipinski definition) is 3. The van der Waals surface area contributed by atoms with Crippen LogP contribution >= 0.6 is 0 Å². The largest absolute Gasteiger partial charge is 0.493 e. The van der Waals surface area contributed by atoms with Crippen LogP contribution in [0, 0.1) is 6.92 Å². The fourth-order valence-electron chi connectivity index (χ4n) is 4.60. The van der Waals surface area contributed by atoms with E-state index < -0.39 is 0 Å². The lowest BCUT2D eigenvalue weighted by Gasteiger charge is -2.28. The van der Waals surface area contributed by atoms with Crippen LogP contribution in [-0.2, 0) is 13.0 Å². The van der Waals surface area contributed by atoms with E-state index in [1.54, 1.807) is 12.4 Å². The molecule has 1 fully saturated rings. The van der Waals surface area contributed by atoms with Gasteiger partial charge in [-0.1, -0.05) is 29.8 Å². The molecule has 0 atom stereocenters. The number of amides is 2. The summed E-state index contributed by atoms with van der Waals surface area (Å²) in [5, 5.41) is 9.07. The number of benzene rings is 2. The standard InChI is InChI=1S/C31H34N6O2/c1-23-4-5-25(29(19-23)26-10-13-34-30(20-26)37-16-14-32-15-17-37)11-18-39-28-8-6-27(7-9-28)36-31(38)35-22-24-3-2-12-33-21-24/h2-10,12-13,19-21,32H,11,14-18,22H2,1H3,(H2,35,36,38). The van der Waals surface area contributed by atoms with E-state index in [0.717, 1.165) is 49.7 Å². The number of nitrogens with zero attached hydrogens (tertiary/aromatic N) is 3. The van der Waals surface area contributed by atoms with Crippen molar-refractivity contribution < 1.29 is 9.53 Å². The summed E-state index contributed by atoms with van der Waals surface area (Å²) >= 11 is 0. The number of aryl methyl sites for hydroxylation is 1. The lowest BCUT2D eigenvalue weighted by Crippen LogP contribution is -2.43. The Morgan fingerprint density at radius 1 is 1.03 bits per heavy atom. The number of rotatable bonds is 9. The highest BCUT2D eigenvalue weighted by Gasteiger charge is 2.14. The number of aromatic nitrogens is 2. The maximum Gasteiger partial charge on any atom is 0.319 e. The third-order valence-corrected chi connectivity index (χ3v) is 6.69. The molecular formula is C31H34N6O2. The zero-order valence-corrected chi connectivity index (χ0v) is 22.2. The van der Waals surface area contributed by atoms with Gasteiger partial charge in [-0.05, 0) is 71.6 Å². The molecule has 3 N–H and O–H groups in total. The van der Waals surface area contributed by atoms with Crippen molar-refractivity contribution in [3.63, 3.8) is 0 Å². The molecule has 1 aliphatic heterocycles. The van der Waals surface area contributed by atoms with Crippen LogP contribution in [0.5, 0.6) is 5.75 Å². The summed E-state index contributed by atoms with van der Waals surface area (Å²) in [6.45, 7) is 6.98. The normalized spacial score (nSPS) is 13.1. The minimum atomic E-state index is -0.268. The van der Waals surface area contributed by atoms with Crippen molar-refractivity contribution in [2.75, 3.05) is 43.0 Å². The molecule has 200 valence electrons. The first-order valence-corrected chi connectivity index (χ1v) is 13.3. The van der Waals surface area contributed by atoms with E-state index in [2.05, 4.69) is 68.1 Å². The highest BCUT2D eigenvalue weighted by atomic mass is 16.5. The summed E-state index contributed by atoms with van der Waals surface area (Å²) in [5.74, 6) is 1.78. The van der Waals surface area contributed by atoms with Gasteiger partial charge in [-0.2, -0.15) is 0 Å². The van der Waals surface area contributed by atoms with Gasteiger partial charge in [-0.15, -0.1) is 0 Å². The van der Waals surface area contributed by atoms with Crippen LogP contribution in [0.3, 0.4) is 0 Å². The molecule has 0 unspecified atom stereocenters. The van der Waals surface area contributed by atoms with Gasteiger partial charge in [0.15, 0.2) is 0 Å². The van der Waals surface area contributed by atoms with Crippen molar-refractivity contribution in [1.29, 1.82) is 0 Å². The van der Waals surface area contributed by atoms with Gasteiger partial charge in [0.1, 0.15) is 11.6 Å². The average Bonchev–Trinajstić information content (AvgIpc) is 2.99. The minimum Gasteiger partial charge on any atom is -0.493 e. The van der Waals surface area contributed by atoms with Gasteiger partial charge in [0.25, 0.3) is 0 Å². The Bertz CT molecular complexity index is 1370. The van der Waals surface area contributed by atoms with E-state index in [0.29, 0.717) is 18.8 Å². The third kappa shape index (κ3) is 7.33. The van der Waals surface area contributed by atoms with Gasteiger partial charge in [0.2, 0.25) is 0 Å². The fraction of sp³-hybridized carbons (Fsp3) is 0.258. The van der Waals surface area contributed by atoms with Gasteiger partial charge in [0, 0.05) is 63.4 Å². The molecule has 4 aromatic rings. The van der Waals surface area contributed by atoms with E-state index in [-0.39, 0.29) is 6.03 Å². The SMILES string of the molecule is Cc1ccc(CCOc2ccc(NC(=O)NCc3cccnc3)cc2)c(-c2ccnc(N3CCNCC3)c2)c1. The second-order valence-electron chi connectivity index (χ2n) is 9.59. The summed E-state index contributed by atoms with van der Waals surface area (Å²) in [4.78, 5) is 23.2. The second kappa shape index (κ2) is 12.9. The molecule has 0 spiro atoms. The Kier molecular flexibility index (Phi) is 8.65. The van der Waals surface area contributed by atoms with E-state index in [1.807, 2.05) is 42.6 Å². The molecule has 0 aliphatic carbocycles. The van der Waals surface area contributed by atoms with Crippen LogP contribution < -0.4 is 25.6 Å². The van der Waals surface area contributed by atoms with Crippen molar-refractivity contribution in [2.24, 2.45) is 0 Å². The monoisotopic (exact) mass is 522 g/mol. The Balaban J connectivity index is 1.16. The lowest BCUT2D eigenvalue weighted by atomic mass is 9.96. The lowest BCUT2D eigenvalue weighted by molar-refractivity contribution is 0.251. The van der Waals surface area contributed by atoms with Crippen molar-refractivity contribution in [2.45, 2.75) is 19.9 Å². The molecular weight excluding hydrogens is 488 g/mol. The summed E-state index contributed by atoms with van der Waals surface area (Å²) in [5.41, 5.74) is 6.50. The van der Waals surface area contributed by atoms with Crippen LogP contribution in [0.15, 0.2) is 85.3 Å².